The van der Waals surface area contributed by atoms with Gasteiger partial charge < -0.3 is 10.2 Å². The second kappa shape index (κ2) is 5.57. The van der Waals surface area contributed by atoms with Crippen molar-refractivity contribution in [2.45, 2.75) is 12.8 Å². The molecule has 102 valence electrons. The van der Waals surface area contributed by atoms with Crippen LogP contribution in [0.1, 0.15) is 34.3 Å². The number of aliphatic carboxylic acids is 1. The van der Waals surface area contributed by atoms with E-state index in [0.717, 1.165) is 0 Å². The molecule has 2 rings (SSSR count). The lowest BCUT2D eigenvalue weighted by atomic mass is 9.91. The molecule has 0 aliphatic rings. The first kappa shape index (κ1) is 13.8. The first-order chi connectivity index (χ1) is 9.52. The first-order valence-corrected chi connectivity index (χ1v) is 6.16. The van der Waals surface area contributed by atoms with Gasteiger partial charge in [-0.15, -0.1) is 0 Å². The van der Waals surface area contributed by atoms with Gasteiger partial charge in [0.25, 0.3) is 0 Å². The Hall–Kier alpha value is -2.62. The van der Waals surface area contributed by atoms with Gasteiger partial charge in [0.1, 0.15) is 5.75 Å². The van der Waals surface area contributed by atoms with Crippen LogP contribution in [0.2, 0.25) is 0 Å². The maximum atomic E-state index is 12.5. The van der Waals surface area contributed by atoms with E-state index in [4.69, 9.17) is 5.11 Å². The number of benzene rings is 2. The van der Waals surface area contributed by atoms with E-state index in [1.807, 2.05) is 0 Å². The Kier molecular flexibility index (Phi) is 3.84. The van der Waals surface area contributed by atoms with Gasteiger partial charge in [-0.2, -0.15) is 0 Å². The summed E-state index contributed by atoms with van der Waals surface area (Å²) in [5.74, 6) is -2.29. The summed E-state index contributed by atoms with van der Waals surface area (Å²) in [4.78, 5) is 23.6. The highest BCUT2D eigenvalue weighted by Crippen LogP contribution is 2.26. The van der Waals surface area contributed by atoms with E-state index in [1.165, 1.54) is 19.1 Å². The second-order valence-corrected chi connectivity index (χ2v) is 4.49. The van der Waals surface area contributed by atoms with Crippen LogP contribution in [-0.4, -0.2) is 22.0 Å². The lowest BCUT2D eigenvalue weighted by Gasteiger charge is -2.12. The van der Waals surface area contributed by atoms with Gasteiger partial charge in [0.15, 0.2) is 5.78 Å². The highest BCUT2D eigenvalue weighted by molar-refractivity contribution is 6.12. The third kappa shape index (κ3) is 2.54. The molecule has 0 heterocycles. The number of para-hydroxylation sites is 1. The molecule has 1 atom stereocenters. The molecule has 0 saturated carbocycles. The van der Waals surface area contributed by atoms with E-state index in [0.29, 0.717) is 11.1 Å². The second-order valence-electron chi connectivity index (χ2n) is 4.49. The van der Waals surface area contributed by atoms with Crippen LogP contribution in [0.5, 0.6) is 5.75 Å². The molecular formula is C16H14O4. The van der Waals surface area contributed by atoms with E-state index in [-0.39, 0.29) is 17.1 Å². The van der Waals surface area contributed by atoms with Crippen molar-refractivity contribution in [2.24, 2.45) is 0 Å². The average molecular weight is 270 g/mol. The van der Waals surface area contributed by atoms with Crippen LogP contribution < -0.4 is 0 Å². The number of aromatic hydroxyl groups is 1. The molecular weight excluding hydrogens is 256 g/mol. The first-order valence-electron chi connectivity index (χ1n) is 6.16. The van der Waals surface area contributed by atoms with E-state index >= 15 is 0 Å². The molecule has 0 radical (unpaired) electrons. The SMILES string of the molecule is CC(C(=O)O)c1ccccc1C(=O)c1ccccc1O. The van der Waals surface area contributed by atoms with Crippen molar-refractivity contribution in [2.75, 3.05) is 0 Å². The quantitative estimate of drug-likeness (QED) is 0.838. The Labute approximate surface area is 116 Å². The van der Waals surface area contributed by atoms with Gasteiger partial charge in [-0.1, -0.05) is 36.4 Å². The molecule has 0 fully saturated rings. The van der Waals surface area contributed by atoms with Gasteiger partial charge in [-0.25, -0.2) is 0 Å². The van der Waals surface area contributed by atoms with Crippen LogP contribution in [0.15, 0.2) is 48.5 Å². The number of carbonyl (C=O) groups excluding carboxylic acids is 1. The standard InChI is InChI=1S/C16H14O4/c1-10(16(19)20)11-6-2-3-7-12(11)15(18)13-8-4-5-9-14(13)17/h2-10,17H,1H3,(H,19,20). The average Bonchev–Trinajstić information content (AvgIpc) is 2.46. The summed E-state index contributed by atoms with van der Waals surface area (Å²) in [7, 11) is 0. The Morgan fingerprint density at radius 2 is 1.50 bits per heavy atom. The maximum Gasteiger partial charge on any atom is 0.310 e. The van der Waals surface area contributed by atoms with Crippen molar-refractivity contribution in [3.05, 3.63) is 65.2 Å². The fourth-order valence-corrected chi connectivity index (χ4v) is 2.03. The number of hydrogen-bond acceptors (Lipinski definition) is 3. The highest BCUT2D eigenvalue weighted by Gasteiger charge is 2.22. The minimum absolute atomic E-state index is 0.115. The number of phenols is 1. The molecule has 2 N–H and O–H groups in total. The molecule has 4 nitrogen and oxygen atoms in total. The summed E-state index contributed by atoms with van der Waals surface area (Å²) >= 11 is 0. The van der Waals surface area contributed by atoms with Gasteiger partial charge >= 0.3 is 5.97 Å². The molecule has 0 saturated heterocycles. The zero-order valence-electron chi connectivity index (χ0n) is 10.9. The summed E-state index contributed by atoms with van der Waals surface area (Å²) in [5.41, 5.74) is 0.898. The fraction of sp³-hybridized carbons (Fsp3) is 0.125. The number of ketones is 1. The maximum absolute atomic E-state index is 12.5. The lowest BCUT2D eigenvalue weighted by molar-refractivity contribution is -0.138. The molecule has 4 heteroatoms. The van der Waals surface area contributed by atoms with Gasteiger partial charge in [0, 0.05) is 5.56 Å². The summed E-state index contributed by atoms with van der Waals surface area (Å²) < 4.78 is 0. The number of carboxylic acid groups (broad SMARTS) is 1. The molecule has 0 amide bonds. The third-order valence-corrected chi connectivity index (χ3v) is 3.19. The summed E-state index contributed by atoms with van der Waals surface area (Å²) in [5, 5.41) is 18.8. The van der Waals surface area contributed by atoms with Crippen molar-refractivity contribution in [3.63, 3.8) is 0 Å². The number of hydrogen-bond donors (Lipinski definition) is 2. The number of rotatable bonds is 4. The fourth-order valence-electron chi connectivity index (χ4n) is 2.03. The molecule has 20 heavy (non-hydrogen) atoms. The Morgan fingerprint density at radius 3 is 2.10 bits per heavy atom. The molecule has 2 aromatic carbocycles. The Balaban J connectivity index is 2.51. The van der Waals surface area contributed by atoms with Crippen molar-refractivity contribution >= 4 is 11.8 Å². The van der Waals surface area contributed by atoms with Gasteiger partial charge in [0.05, 0.1) is 11.5 Å². The van der Waals surface area contributed by atoms with Gasteiger partial charge in [-0.3, -0.25) is 9.59 Å². The Morgan fingerprint density at radius 1 is 0.950 bits per heavy atom. The van der Waals surface area contributed by atoms with Crippen LogP contribution in [-0.2, 0) is 4.79 Å². The number of carbonyl (C=O) groups is 2. The molecule has 0 aliphatic heterocycles. The van der Waals surface area contributed by atoms with Gasteiger partial charge in [0.2, 0.25) is 0 Å². The smallest absolute Gasteiger partial charge is 0.310 e. The van der Waals surface area contributed by atoms with Crippen molar-refractivity contribution in [1.82, 2.24) is 0 Å². The molecule has 0 spiro atoms. The van der Waals surface area contributed by atoms with Crippen molar-refractivity contribution in [3.8, 4) is 5.75 Å². The monoisotopic (exact) mass is 270 g/mol. The largest absolute Gasteiger partial charge is 0.507 e. The summed E-state index contributed by atoms with van der Waals surface area (Å²) in [6.07, 6.45) is 0. The topological polar surface area (TPSA) is 74.6 Å². The normalized spacial score (nSPS) is 11.8. The molecule has 0 aromatic heterocycles. The lowest BCUT2D eigenvalue weighted by Crippen LogP contribution is -2.13. The van der Waals surface area contributed by atoms with E-state index in [9.17, 15) is 14.7 Å². The van der Waals surface area contributed by atoms with Crippen molar-refractivity contribution in [1.29, 1.82) is 0 Å². The van der Waals surface area contributed by atoms with Crippen molar-refractivity contribution < 1.29 is 19.8 Å². The number of carboxylic acids is 1. The Bertz CT molecular complexity index is 661. The highest BCUT2D eigenvalue weighted by atomic mass is 16.4. The zero-order chi connectivity index (χ0) is 14.7. The van der Waals surface area contributed by atoms with E-state index in [2.05, 4.69) is 0 Å². The predicted octanol–water partition coefficient (Wildman–Crippen LogP) is 2.81. The predicted molar refractivity (Wildman–Crippen MR) is 74.0 cm³/mol. The molecule has 1 unspecified atom stereocenters. The summed E-state index contributed by atoms with van der Waals surface area (Å²) in [6.45, 7) is 1.53. The summed E-state index contributed by atoms with van der Waals surface area (Å²) in [6, 6.07) is 12.8. The van der Waals surface area contributed by atoms with Crippen LogP contribution >= 0.6 is 0 Å². The number of phenolic OH excluding ortho intramolecular Hbond substituents is 1. The third-order valence-electron chi connectivity index (χ3n) is 3.19. The molecule has 2 aromatic rings. The van der Waals surface area contributed by atoms with Crippen LogP contribution in [0.3, 0.4) is 0 Å². The molecule has 0 aliphatic carbocycles. The minimum atomic E-state index is -0.998. The van der Waals surface area contributed by atoms with Crippen LogP contribution in [0.25, 0.3) is 0 Å². The molecule has 0 bridgehead atoms. The van der Waals surface area contributed by atoms with E-state index in [1.54, 1.807) is 36.4 Å². The van der Waals surface area contributed by atoms with E-state index < -0.39 is 11.9 Å². The van der Waals surface area contributed by atoms with Crippen LogP contribution in [0.4, 0.5) is 0 Å². The van der Waals surface area contributed by atoms with Gasteiger partial charge in [-0.05, 0) is 24.6 Å². The zero-order valence-corrected chi connectivity index (χ0v) is 10.9. The van der Waals surface area contributed by atoms with Crippen LogP contribution in [0, 0.1) is 0 Å². The minimum Gasteiger partial charge on any atom is -0.507 e.